The molecule has 3 heteroatoms. The molecule has 1 aliphatic heterocycles. The smallest absolute Gasteiger partial charge is 0.0995 e. The summed E-state index contributed by atoms with van der Waals surface area (Å²) in [6.07, 6.45) is 1.11. The Hall–Kier alpha value is -1.04. The Morgan fingerprint density at radius 3 is 2.85 bits per heavy atom. The predicted molar refractivity (Wildman–Crippen MR) is 51.5 cm³/mol. The van der Waals surface area contributed by atoms with Crippen LogP contribution in [0.4, 0.5) is 0 Å². The Bertz CT molecular complexity index is 364. The number of rotatable bonds is 1. The van der Waals surface area contributed by atoms with Crippen LogP contribution in [-0.4, -0.2) is 6.54 Å². The summed E-state index contributed by atoms with van der Waals surface area (Å²) in [5.41, 5.74) is 1.75. The first-order chi connectivity index (χ1) is 6.31. The van der Waals surface area contributed by atoms with Crippen LogP contribution in [0.15, 0.2) is 18.2 Å². The molecule has 1 unspecified atom stereocenters. The predicted octanol–water partition coefficient (Wildman–Crippen LogP) is 2.25. The van der Waals surface area contributed by atoms with Crippen molar-refractivity contribution < 1.29 is 0 Å². The highest BCUT2D eigenvalue weighted by molar-refractivity contribution is 6.30. The zero-order valence-electron chi connectivity index (χ0n) is 7.05. The molecule has 0 aliphatic carbocycles. The van der Waals surface area contributed by atoms with Crippen molar-refractivity contribution in [1.29, 1.82) is 5.26 Å². The van der Waals surface area contributed by atoms with Crippen molar-refractivity contribution in [3.8, 4) is 6.07 Å². The van der Waals surface area contributed by atoms with E-state index in [1.165, 1.54) is 0 Å². The summed E-state index contributed by atoms with van der Waals surface area (Å²) < 4.78 is 0. The number of nitriles is 1. The lowest BCUT2D eigenvalue weighted by atomic mass is 9.94. The van der Waals surface area contributed by atoms with Gasteiger partial charge in [-0.1, -0.05) is 17.7 Å². The highest BCUT2D eigenvalue weighted by Gasteiger charge is 2.21. The third kappa shape index (κ3) is 1.53. The Morgan fingerprint density at radius 2 is 2.31 bits per heavy atom. The van der Waals surface area contributed by atoms with Crippen molar-refractivity contribution in [2.45, 2.75) is 12.5 Å². The van der Waals surface area contributed by atoms with Gasteiger partial charge in [-0.2, -0.15) is 5.26 Å². The van der Waals surface area contributed by atoms with Crippen LogP contribution in [0.5, 0.6) is 0 Å². The van der Waals surface area contributed by atoms with Crippen molar-refractivity contribution >= 4 is 11.6 Å². The molecule has 0 bridgehead atoms. The number of nitrogens with zero attached hydrogens (tertiary/aromatic N) is 1. The number of benzene rings is 1. The van der Waals surface area contributed by atoms with Gasteiger partial charge in [-0.3, -0.25) is 0 Å². The lowest BCUT2D eigenvalue weighted by Gasteiger charge is -2.28. The zero-order valence-corrected chi connectivity index (χ0v) is 7.80. The van der Waals surface area contributed by atoms with Crippen molar-refractivity contribution in [2.75, 3.05) is 6.54 Å². The number of hydrogen-bond donors (Lipinski definition) is 1. The lowest BCUT2D eigenvalue weighted by Crippen LogP contribution is -2.35. The van der Waals surface area contributed by atoms with Crippen LogP contribution in [0, 0.1) is 11.3 Å². The minimum Gasteiger partial charge on any atom is -0.310 e. The van der Waals surface area contributed by atoms with E-state index in [4.69, 9.17) is 16.9 Å². The van der Waals surface area contributed by atoms with Gasteiger partial charge in [0, 0.05) is 11.1 Å². The van der Waals surface area contributed by atoms with Crippen LogP contribution in [0.1, 0.15) is 23.6 Å². The Balaban J connectivity index is 2.39. The zero-order chi connectivity index (χ0) is 9.26. The van der Waals surface area contributed by atoms with E-state index in [-0.39, 0.29) is 0 Å². The number of halogens is 1. The summed E-state index contributed by atoms with van der Waals surface area (Å²) in [6.45, 7) is 1.04. The molecule has 1 N–H and O–H groups in total. The maximum absolute atomic E-state index is 8.87. The summed E-state index contributed by atoms with van der Waals surface area (Å²) in [4.78, 5) is 0. The van der Waals surface area contributed by atoms with E-state index in [1.54, 1.807) is 6.07 Å². The molecular formula is C10H9ClN2. The number of hydrogen-bond acceptors (Lipinski definition) is 2. The summed E-state index contributed by atoms with van der Waals surface area (Å²) in [5, 5.41) is 12.8. The minimum absolute atomic E-state index is 0.354. The van der Waals surface area contributed by atoms with E-state index in [0.717, 1.165) is 18.5 Å². The standard InChI is InChI=1S/C10H9ClN2/c11-8-1-2-9(7(5-8)6-12)10-3-4-13-10/h1-2,5,10,13H,3-4H2. The van der Waals surface area contributed by atoms with Crippen molar-refractivity contribution in [2.24, 2.45) is 0 Å². The quantitative estimate of drug-likeness (QED) is 0.741. The molecule has 0 aromatic heterocycles. The topological polar surface area (TPSA) is 35.8 Å². The summed E-state index contributed by atoms with van der Waals surface area (Å²) >= 11 is 5.79. The van der Waals surface area contributed by atoms with Crippen LogP contribution in [0.2, 0.25) is 5.02 Å². The second-order valence-electron chi connectivity index (χ2n) is 3.14. The van der Waals surface area contributed by atoms with Gasteiger partial charge in [0.15, 0.2) is 0 Å². The maximum atomic E-state index is 8.87. The van der Waals surface area contributed by atoms with Gasteiger partial charge in [-0.25, -0.2) is 0 Å². The van der Waals surface area contributed by atoms with E-state index in [2.05, 4.69) is 11.4 Å². The average Bonchev–Trinajstić information content (AvgIpc) is 2.05. The normalized spacial score (nSPS) is 20.5. The van der Waals surface area contributed by atoms with Gasteiger partial charge in [-0.05, 0) is 30.7 Å². The highest BCUT2D eigenvalue weighted by atomic mass is 35.5. The molecule has 1 aromatic carbocycles. The van der Waals surface area contributed by atoms with Crippen molar-refractivity contribution in [3.05, 3.63) is 34.3 Å². The van der Waals surface area contributed by atoms with Gasteiger partial charge in [0.2, 0.25) is 0 Å². The monoisotopic (exact) mass is 192 g/mol. The van der Waals surface area contributed by atoms with E-state index < -0.39 is 0 Å². The lowest BCUT2D eigenvalue weighted by molar-refractivity contribution is 0.383. The van der Waals surface area contributed by atoms with Gasteiger partial charge in [-0.15, -0.1) is 0 Å². The Labute approximate surface area is 82.1 Å². The first-order valence-corrected chi connectivity index (χ1v) is 4.62. The molecule has 1 atom stereocenters. The second kappa shape index (κ2) is 3.37. The van der Waals surface area contributed by atoms with Crippen LogP contribution >= 0.6 is 11.6 Å². The molecule has 1 aliphatic rings. The molecule has 1 heterocycles. The largest absolute Gasteiger partial charge is 0.310 e. The van der Waals surface area contributed by atoms with Crippen molar-refractivity contribution in [3.63, 3.8) is 0 Å². The fourth-order valence-electron chi connectivity index (χ4n) is 1.48. The fourth-order valence-corrected chi connectivity index (χ4v) is 1.66. The summed E-state index contributed by atoms with van der Waals surface area (Å²) in [7, 11) is 0. The Kier molecular flexibility index (Phi) is 2.22. The summed E-state index contributed by atoms with van der Waals surface area (Å²) in [6, 6.07) is 7.99. The third-order valence-electron chi connectivity index (χ3n) is 2.33. The molecule has 0 saturated carbocycles. The van der Waals surface area contributed by atoms with Crippen molar-refractivity contribution in [1.82, 2.24) is 5.32 Å². The SMILES string of the molecule is N#Cc1cc(Cl)ccc1C1CCN1. The van der Waals surface area contributed by atoms with Crippen LogP contribution < -0.4 is 5.32 Å². The molecule has 1 saturated heterocycles. The van der Waals surface area contributed by atoms with Crippen LogP contribution in [0.3, 0.4) is 0 Å². The van der Waals surface area contributed by atoms with Gasteiger partial charge >= 0.3 is 0 Å². The molecule has 0 spiro atoms. The average molecular weight is 193 g/mol. The van der Waals surface area contributed by atoms with Crippen LogP contribution in [0.25, 0.3) is 0 Å². The molecule has 0 amide bonds. The van der Waals surface area contributed by atoms with E-state index >= 15 is 0 Å². The van der Waals surface area contributed by atoms with E-state index in [9.17, 15) is 0 Å². The fraction of sp³-hybridized carbons (Fsp3) is 0.300. The van der Waals surface area contributed by atoms with Gasteiger partial charge in [0.1, 0.15) is 0 Å². The van der Waals surface area contributed by atoms with Gasteiger partial charge in [0.05, 0.1) is 11.6 Å². The third-order valence-corrected chi connectivity index (χ3v) is 2.57. The maximum Gasteiger partial charge on any atom is 0.0995 e. The van der Waals surface area contributed by atoms with E-state index in [1.807, 2.05) is 12.1 Å². The molecule has 2 nitrogen and oxygen atoms in total. The second-order valence-corrected chi connectivity index (χ2v) is 3.58. The highest BCUT2D eigenvalue weighted by Crippen LogP contribution is 2.27. The molecule has 66 valence electrons. The molecule has 2 rings (SSSR count). The molecule has 13 heavy (non-hydrogen) atoms. The molecule has 1 aromatic rings. The summed E-state index contributed by atoms with van der Waals surface area (Å²) in [5.74, 6) is 0. The first-order valence-electron chi connectivity index (χ1n) is 4.24. The Morgan fingerprint density at radius 1 is 1.54 bits per heavy atom. The molecular weight excluding hydrogens is 184 g/mol. The van der Waals surface area contributed by atoms with Crippen LogP contribution in [-0.2, 0) is 0 Å². The minimum atomic E-state index is 0.354. The first kappa shape index (κ1) is 8.55. The van der Waals surface area contributed by atoms with E-state index in [0.29, 0.717) is 16.6 Å². The van der Waals surface area contributed by atoms with Gasteiger partial charge in [0.25, 0.3) is 0 Å². The van der Waals surface area contributed by atoms with Gasteiger partial charge < -0.3 is 5.32 Å². The molecule has 0 radical (unpaired) electrons. The molecule has 1 fully saturated rings. The number of nitrogens with one attached hydrogen (secondary N) is 1.